The number of aryl methyl sites for hydroxylation is 1. The van der Waals surface area contributed by atoms with E-state index in [0.717, 1.165) is 17.5 Å². The molecule has 1 aliphatic heterocycles. The van der Waals surface area contributed by atoms with Crippen LogP contribution in [0.5, 0.6) is 0 Å². The summed E-state index contributed by atoms with van der Waals surface area (Å²) in [5.74, 6) is -0.292. The molecular formula is C24H30N6O3. The van der Waals surface area contributed by atoms with E-state index >= 15 is 0 Å². The monoisotopic (exact) mass is 450 g/mol. The number of amides is 3. The van der Waals surface area contributed by atoms with Gasteiger partial charge in [-0.1, -0.05) is 6.07 Å². The summed E-state index contributed by atoms with van der Waals surface area (Å²) >= 11 is 0. The van der Waals surface area contributed by atoms with Gasteiger partial charge in [-0.25, -0.2) is 4.79 Å². The van der Waals surface area contributed by atoms with Crippen LogP contribution in [-0.2, 0) is 4.74 Å². The first-order valence-electron chi connectivity index (χ1n) is 10.6. The second kappa shape index (κ2) is 10.6. The van der Waals surface area contributed by atoms with E-state index in [-0.39, 0.29) is 23.7 Å². The number of ether oxygens (including phenoxy) is 1. The van der Waals surface area contributed by atoms with Gasteiger partial charge >= 0.3 is 6.03 Å². The molecule has 1 atom stereocenters. The number of carbonyl (C=O) groups excluding carboxylic acids is 2. The Hall–Kier alpha value is -3.85. The molecule has 0 bridgehead atoms. The summed E-state index contributed by atoms with van der Waals surface area (Å²) in [4.78, 5) is 30.3. The average molecular weight is 451 g/mol. The Kier molecular flexibility index (Phi) is 7.68. The van der Waals surface area contributed by atoms with Crippen molar-refractivity contribution in [3.8, 4) is 0 Å². The number of allylic oxidation sites excluding steroid dienone is 2. The summed E-state index contributed by atoms with van der Waals surface area (Å²) in [5, 5.41) is 5.48. The molecule has 1 aromatic heterocycles. The molecule has 2 heterocycles. The number of likely N-dealkylation sites (tertiary alicyclic amines) is 1. The first-order chi connectivity index (χ1) is 15.9. The van der Waals surface area contributed by atoms with Gasteiger partial charge in [0.05, 0.1) is 6.10 Å². The van der Waals surface area contributed by atoms with Gasteiger partial charge in [-0.2, -0.15) is 0 Å². The van der Waals surface area contributed by atoms with Crippen molar-refractivity contribution in [1.82, 2.24) is 15.2 Å². The highest BCUT2D eigenvalue weighted by Crippen LogP contribution is 2.25. The molecule has 0 saturated carbocycles. The maximum absolute atomic E-state index is 12.6. The molecule has 3 rings (SSSR count). The lowest BCUT2D eigenvalue weighted by atomic mass is 10.0. The molecule has 174 valence electrons. The molecule has 1 aromatic carbocycles. The summed E-state index contributed by atoms with van der Waals surface area (Å²) < 4.78 is 5.33. The topological polar surface area (TPSA) is 136 Å². The van der Waals surface area contributed by atoms with Crippen molar-refractivity contribution in [1.29, 1.82) is 0 Å². The molecule has 2 aromatic rings. The zero-order chi connectivity index (χ0) is 24.0. The standard InChI is InChI=1S/C24H30N6O3/c1-15-4-5-18(29-24(32)30-9-7-19(14-30)33-3)12-20(15)21(26)10-17(13-25)16-6-8-28-22(11-16)23(31)27-2/h4-6,8,10-13,19H,7,9,14,25-26H2,1-3H3,(H,27,31)(H,29,32)/b17-13+,21-10-. The van der Waals surface area contributed by atoms with Crippen molar-refractivity contribution in [2.45, 2.75) is 19.4 Å². The Bertz CT molecular complexity index is 1100. The van der Waals surface area contributed by atoms with Gasteiger partial charge in [0.25, 0.3) is 5.91 Å². The second-order valence-electron chi connectivity index (χ2n) is 7.78. The van der Waals surface area contributed by atoms with Gasteiger partial charge in [0.15, 0.2) is 0 Å². The van der Waals surface area contributed by atoms with Crippen LogP contribution < -0.4 is 22.1 Å². The number of methoxy groups -OCH3 is 1. The van der Waals surface area contributed by atoms with Crippen molar-refractivity contribution in [3.63, 3.8) is 0 Å². The predicted molar refractivity (Wildman–Crippen MR) is 129 cm³/mol. The Labute approximate surface area is 193 Å². The van der Waals surface area contributed by atoms with Crippen LogP contribution in [0.25, 0.3) is 11.3 Å². The molecule has 1 unspecified atom stereocenters. The molecule has 1 fully saturated rings. The fraction of sp³-hybridized carbons (Fsp3) is 0.292. The molecule has 33 heavy (non-hydrogen) atoms. The van der Waals surface area contributed by atoms with Crippen LogP contribution in [-0.4, -0.2) is 55.2 Å². The minimum absolute atomic E-state index is 0.0708. The van der Waals surface area contributed by atoms with Crippen molar-refractivity contribution >= 4 is 28.9 Å². The molecular weight excluding hydrogens is 420 g/mol. The SMILES string of the molecule is CNC(=O)c1cc(C(/C=C(\N)c2cc(NC(=O)N3CCC(OC)C3)ccc2C)=C/N)ccn1. The largest absolute Gasteiger partial charge is 0.404 e. The van der Waals surface area contributed by atoms with E-state index in [0.29, 0.717) is 35.6 Å². The Morgan fingerprint density at radius 3 is 2.73 bits per heavy atom. The fourth-order valence-corrected chi connectivity index (χ4v) is 3.65. The van der Waals surface area contributed by atoms with Gasteiger partial charge < -0.3 is 31.7 Å². The quantitative estimate of drug-likeness (QED) is 0.499. The zero-order valence-corrected chi connectivity index (χ0v) is 19.1. The van der Waals surface area contributed by atoms with Crippen molar-refractivity contribution in [2.24, 2.45) is 11.5 Å². The third-order valence-corrected chi connectivity index (χ3v) is 5.61. The number of nitrogens with two attached hydrogens (primary N) is 2. The first-order valence-corrected chi connectivity index (χ1v) is 10.6. The van der Waals surface area contributed by atoms with Crippen LogP contribution in [0.15, 0.2) is 48.8 Å². The number of carbonyl (C=O) groups is 2. The highest BCUT2D eigenvalue weighted by atomic mass is 16.5. The lowest BCUT2D eigenvalue weighted by Gasteiger charge is -2.18. The van der Waals surface area contributed by atoms with Crippen molar-refractivity contribution in [2.75, 3.05) is 32.6 Å². The summed E-state index contributed by atoms with van der Waals surface area (Å²) in [6, 6.07) is 8.80. The Balaban J connectivity index is 1.82. The van der Waals surface area contributed by atoms with Gasteiger partial charge in [0, 0.05) is 56.6 Å². The van der Waals surface area contributed by atoms with Crippen LogP contribution in [0.2, 0.25) is 0 Å². The lowest BCUT2D eigenvalue weighted by Crippen LogP contribution is -2.33. The molecule has 0 aliphatic carbocycles. The number of hydrogen-bond donors (Lipinski definition) is 4. The summed E-state index contributed by atoms with van der Waals surface area (Å²) in [7, 11) is 3.20. The van der Waals surface area contributed by atoms with E-state index in [4.69, 9.17) is 16.2 Å². The van der Waals surface area contributed by atoms with E-state index in [1.165, 1.54) is 6.20 Å². The third-order valence-electron chi connectivity index (χ3n) is 5.61. The van der Waals surface area contributed by atoms with E-state index < -0.39 is 0 Å². The number of hydrogen-bond acceptors (Lipinski definition) is 6. The predicted octanol–water partition coefficient (Wildman–Crippen LogP) is 2.30. The number of rotatable bonds is 6. The van der Waals surface area contributed by atoms with E-state index in [1.54, 1.807) is 43.5 Å². The molecule has 9 nitrogen and oxygen atoms in total. The fourth-order valence-electron chi connectivity index (χ4n) is 3.65. The highest BCUT2D eigenvalue weighted by molar-refractivity contribution is 5.94. The Morgan fingerprint density at radius 2 is 2.06 bits per heavy atom. The number of nitrogens with zero attached hydrogens (tertiary/aromatic N) is 2. The summed E-state index contributed by atoms with van der Waals surface area (Å²) in [6.45, 7) is 3.16. The number of nitrogens with one attached hydrogen (secondary N) is 2. The van der Waals surface area contributed by atoms with Crippen LogP contribution in [0.3, 0.4) is 0 Å². The molecule has 9 heteroatoms. The minimum atomic E-state index is -0.292. The lowest BCUT2D eigenvalue weighted by molar-refractivity contribution is 0.0958. The van der Waals surface area contributed by atoms with Crippen LogP contribution in [0, 0.1) is 6.92 Å². The molecule has 1 saturated heterocycles. The summed E-state index contributed by atoms with van der Waals surface area (Å²) in [6.07, 6.45) is 5.60. The van der Waals surface area contributed by atoms with Gasteiger partial charge in [0.2, 0.25) is 0 Å². The maximum Gasteiger partial charge on any atom is 0.321 e. The van der Waals surface area contributed by atoms with E-state index in [2.05, 4.69) is 15.6 Å². The van der Waals surface area contributed by atoms with Gasteiger partial charge in [-0.3, -0.25) is 9.78 Å². The van der Waals surface area contributed by atoms with Gasteiger partial charge in [-0.05, 0) is 60.4 Å². The molecule has 6 N–H and O–H groups in total. The van der Waals surface area contributed by atoms with Crippen molar-refractivity contribution < 1.29 is 14.3 Å². The normalized spacial score (nSPS) is 16.6. The number of aromatic nitrogens is 1. The van der Waals surface area contributed by atoms with Gasteiger partial charge in [-0.15, -0.1) is 0 Å². The van der Waals surface area contributed by atoms with Crippen LogP contribution in [0.1, 0.15) is 33.6 Å². The molecule has 0 spiro atoms. The highest BCUT2D eigenvalue weighted by Gasteiger charge is 2.26. The van der Waals surface area contributed by atoms with E-state index in [1.807, 2.05) is 25.1 Å². The number of urea groups is 1. The molecule has 3 amide bonds. The Morgan fingerprint density at radius 1 is 1.27 bits per heavy atom. The van der Waals surface area contributed by atoms with Crippen molar-refractivity contribution in [3.05, 3.63) is 71.2 Å². The van der Waals surface area contributed by atoms with Crippen LogP contribution >= 0.6 is 0 Å². The third kappa shape index (κ3) is 5.69. The second-order valence-corrected chi connectivity index (χ2v) is 7.78. The van der Waals surface area contributed by atoms with E-state index in [9.17, 15) is 9.59 Å². The van der Waals surface area contributed by atoms with Crippen LogP contribution in [0.4, 0.5) is 10.5 Å². The number of pyridine rings is 1. The number of benzene rings is 1. The average Bonchev–Trinajstić information content (AvgIpc) is 3.32. The summed E-state index contributed by atoms with van der Waals surface area (Å²) in [5.41, 5.74) is 16.7. The minimum Gasteiger partial charge on any atom is -0.404 e. The first kappa shape index (κ1) is 23.8. The maximum atomic E-state index is 12.6. The number of anilines is 1. The molecule has 0 radical (unpaired) electrons. The zero-order valence-electron chi connectivity index (χ0n) is 19.1. The van der Waals surface area contributed by atoms with Gasteiger partial charge in [0.1, 0.15) is 5.69 Å². The smallest absolute Gasteiger partial charge is 0.321 e. The molecule has 1 aliphatic rings.